The van der Waals surface area contributed by atoms with Gasteiger partial charge in [-0.15, -0.1) is 0 Å². The summed E-state index contributed by atoms with van der Waals surface area (Å²) in [6.45, 7) is 1.58. The van der Waals surface area contributed by atoms with E-state index in [1.54, 1.807) is 7.11 Å². The largest absolute Gasteiger partial charge is 0.481 e. The highest BCUT2D eigenvalue weighted by Crippen LogP contribution is 2.27. The maximum absolute atomic E-state index is 10.6. The van der Waals surface area contributed by atoms with Crippen LogP contribution in [0.25, 0.3) is 0 Å². The fraction of sp³-hybridized carbons (Fsp3) is 0.889. The van der Waals surface area contributed by atoms with Crippen LogP contribution in [0.4, 0.5) is 0 Å². The molecule has 76 valence electrons. The van der Waals surface area contributed by atoms with Gasteiger partial charge in [-0.05, 0) is 25.8 Å². The van der Waals surface area contributed by atoms with Gasteiger partial charge in [-0.2, -0.15) is 0 Å². The normalized spacial score (nSPS) is 26.8. The van der Waals surface area contributed by atoms with Gasteiger partial charge in [-0.1, -0.05) is 0 Å². The molecule has 4 heteroatoms. The number of carboxylic acids is 1. The molecule has 2 N–H and O–H groups in total. The zero-order valence-corrected chi connectivity index (χ0v) is 7.95. The monoisotopic (exact) mass is 187 g/mol. The smallest absolute Gasteiger partial charge is 0.308 e. The van der Waals surface area contributed by atoms with Crippen molar-refractivity contribution in [2.45, 2.75) is 25.3 Å². The SMILES string of the molecule is COCCCNC1CCC1C(=O)O. The zero-order chi connectivity index (χ0) is 9.68. The second-order valence-corrected chi connectivity index (χ2v) is 3.43. The van der Waals surface area contributed by atoms with Crippen molar-refractivity contribution >= 4 is 5.97 Å². The Morgan fingerprint density at radius 2 is 2.38 bits per heavy atom. The van der Waals surface area contributed by atoms with E-state index in [0.29, 0.717) is 0 Å². The Bertz CT molecular complexity index is 172. The highest BCUT2D eigenvalue weighted by molar-refractivity contribution is 5.72. The van der Waals surface area contributed by atoms with E-state index in [9.17, 15) is 4.79 Å². The summed E-state index contributed by atoms with van der Waals surface area (Å²) < 4.78 is 4.89. The standard InChI is InChI=1S/C9H17NO3/c1-13-6-2-5-10-8-4-3-7(8)9(11)12/h7-8,10H,2-6H2,1H3,(H,11,12). The second kappa shape index (κ2) is 5.19. The van der Waals surface area contributed by atoms with Gasteiger partial charge in [0.05, 0.1) is 5.92 Å². The molecule has 1 aliphatic rings. The van der Waals surface area contributed by atoms with Crippen molar-refractivity contribution in [1.82, 2.24) is 5.32 Å². The van der Waals surface area contributed by atoms with Gasteiger partial charge < -0.3 is 15.2 Å². The molecule has 0 saturated heterocycles. The van der Waals surface area contributed by atoms with Crippen LogP contribution in [0, 0.1) is 5.92 Å². The Morgan fingerprint density at radius 3 is 2.85 bits per heavy atom. The van der Waals surface area contributed by atoms with Crippen LogP contribution >= 0.6 is 0 Å². The third-order valence-corrected chi connectivity index (χ3v) is 2.52. The Kier molecular flexibility index (Phi) is 4.18. The molecule has 0 aromatic carbocycles. The number of hydrogen-bond donors (Lipinski definition) is 2. The van der Waals surface area contributed by atoms with Crippen LogP contribution < -0.4 is 5.32 Å². The summed E-state index contributed by atoms with van der Waals surface area (Å²) >= 11 is 0. The number of methoxy groups -OCH3 is 1. The average Bonchev–Trinajstić information content (AvgIpc) is 2.01. The molecule has 2 atom stereocenters. The molecule has 13 heavy (non-hydrogen) atoms. The molecule has 1 aliphatic carbocycles. The molecule has 2 unspecified atom stereocenters. The maximum atomic E-state index is 10.6. The molecule has 0 aromatic heterocycles. The quantitative estimate of drug-likeness (QED) is 0.594. The molecular formula is C9H17NO3. The lowest BCUT2D eigenvalue weighted by atomic mass is 9.79. The van der Waals surface area contributed by atoms with E-state index in [-0.39, 0.29) is 12.0 Å². The van der Waals surface area contributed by atoms with Crippen LogP contribution in [-0.4, -0.2) is 37.4 Å². The lowest BCUT2D eigenvalue weighted by Crippen LogP contribution is -2.48. The average molecular weight is 187 g/mol. The highest BCUT2D eigenvalue weighted by atomic mass is 16.5. The molecule has 0 amide bonds. The van der Waals surface area contributed by atoms with Crippen LogP contribution in [0.1, 0.15) is 19.3 Å². The summed E-state index contributed by atoms with van der Waals surface area (Å²) in [7, 11) is 1.67. The van der Waals surface area contributed by atoms with Crippen LogP contribution in [0.5, 0.6) is 0 Å². The zero-order valence-electron chi connectivity index (χ0n) is 7.95. The van der Waals surface area contributed by atoms with Crippen molar-refractivity contribution in [3.63, 3.8) is 0 Å². The first-order valence-corrected chi connectivity index (χ1v) is 4.71. The van der Waals surface area contributed by atoms with E-state index in [1.165, 1.54) is 0 Å². The van der Waals surface area contributed by atoms with Crippen molar-refractivity contribution in [1.29, 1.82) is 0 Å². The van der Waals surface area contributed by atoms with Crippen molar-refractivity contribution in [2.75, 3.05) is 20.3 Å². The summed E-state index contributed by atoms with van der Waals surface area (Å²) in [5.74, 6) is -0.835. The van der Waals surface area contributed by atoms with Gasteiger partial charge >= 0.3 is 5.97 Å². The Balaban J connectivity index is 2.05. The molecule has 0 heterocycles. The summed E-state index contributed by atoms with van der Waals surface area (Å²) in [4.78, 5) is 10.6. The van der Waals surface area contributed by atoms with Gasteiger partial charge in [0.2, 0.25) is 0 Å². The molecular weight excluding hydrogens is 170 g/mol. The predicted octanol–water partition coefficient (Wildman–Crippen LogP) is 0.476. The topological polar surface area (TPSA) is 58.6 Å². The minimum Gasteiger partial charge on any atom is -0.481 e. The Morgan fingerprint density at radius 1 is 1.62 bits per heavy atom. The predicted molar refractivity (Wildman–Crippen MR) is 48.6 cm³/mol. The first-order chi connectivity index (χ1) is 6.25. The number of hydrogen-bond acceptors (Lipinski definition) is 3. The van der Waals surface area contributed by atoms with Gasteiger partial charge in [-0.25, -0.2) is 0 Å². The Hall–Kier alpha value is -0.610. The second-order valence-electron chi connectivity index (χ2n) is 3.43. The fourth-order valence-electron chi connectivity index (χ4n) is 1.54. The maximum Gasteiger partial charge on any atom is 0.308 e. The van der Waals surface area contributed by atoms with Gasteiger partial charge in [0.1, 0.15) is 0 Å². The number of aliphatic carboxylic acids is 1. The fourth-order valence-corrected chi connectivity index (χ4v) is 1.54. The molecule has 1 saturated carbocycles. The van der Waals surface area contributed by atoms with Crippen LogP contribution in [0.15, 0.2) is 0 Å². The van der Waals surface area contributed by atoms with E-state index in [0.717, 1.165) is 32.4 Å². The summed E-state index contributed by atoms with van der Waals surface area (Å²) in [5, 5.41) is 12.0. The van der Waals surface area contributed by atoms with Crippen molar-refractivity contribution in [2.24, 2.45) is 5.92 Å². The number of carboxylic acid groups (broad SMARTS) is 1. The third-order valence-electron chi connectivity index (χ3n) is 2.52. The van der Waals surface area contributed by atoms with E-state index in [4.69, 9.17) is 9.84 Å². The molecule has 4 nitrogen and oxygen atoms in total. The van der Waals surface area contributed by atoms with Gasteiger partial charge in [-0.3, -0.25) is 4.79 Å². The van der Waals surface area contributed by atoms with Crippen molar-refractivity contribution in [3.8, 4) is 0 Å². The first kappa shape index (κ1) is 10.5. The molecule has 0 bridgehead atoms. The van der Waals surface area contributed by atoms with E-state index < -0.39 is 5.97 Å². The van der Waals surface area contributed by atoms with Crippen molar-refractivity contribution < 1.29 is 14.6 Å². The minimum absolute atomic E-state index is 0.164. The molecule has 0 aliphatic heterocycles. The minimum atomic E-state index is -0.671. The summed E-state index contributed by atoms with van der Waals surface area (Å²) in [6.07, 6.45) is 2.75. The number of carbonyl (C=O) groups is 1. The lowest BCUT2D eigenvalue weighted by molar-refractivity contribution is -0.146. The van der Waals surface area contributed by atoms with E-state index >= 15 is 0 Å². The lowest BCUT2D eigenvalue weighted by Gasteiger charge is -2.34. The molecule has 0 aromatic rings. The van der Waals surface area contributed by atoms with Crippen LogP contribution in [0.3, 0.4) is 0 Å². The third kappa shape index (κ3) is 2.97. The molecule has 0 spiro atoms. The first-order valence-electron chi connectivity index (χ1n) is 4.71. The van der Waals surface area contributed by atoms with E-state index in [2.05, 4.69) is 5.32 Å². The number of nitrogens with one attached hydrogen (secondary N) is 1. The van der Waals surface area contributed by atoms with Gasteiger partial charge in [0, 0.05) is 19.8 Å². The van der Waals surface area contributed by atoms with Crippen LogP contribution in [0.2, 0.25) is 0 Å². The Labute approximate surface area is 78.3 Å². The molecule has 1 rings (SSSR count). The number of ether oxygens (including phenoxy) is 1. The summed E-state index contributed by atoms with van der Waals surface area (Å²) in [5.41, 5.74) is 0. The van der Waals surface area contributed by atoms with Crippen molar-refractivity contribution in [3.05, 3.63) is 0 Å². The van der Waals surface area contributed by atoms with Gasteiger partial charge in [0.15, 0.2) is 0 Å². The van der Waals surface area contributed by atoms with Crippen LogP contribution in [-0.2, 0) is 9.53 Å². The summed E-state index contributed by atoms with van der Waals surface area (Å²) in [6, 6.07) is 0.189. The van der Waals surface area contributed by atoms with E-state index in [1.807, 2.05) is 0 Å². The van der Waals surface area contributed by atoms with Gasteiger partial charge in [0.25, 0.3) is 0 Å². The molecule has 0 radical (unpaired) electrons. The number of rotatable bonds is 6. The highest BCUT2D eigenvalue weighted by Gasteiger charge is 2.35. The molecule has 1 fully saturated rings.